The van der Waals surface area contributed by atoms with Crippen molar-refractivity contribution in [3.8, 4) is 0 Å². The average molecular weight is 351 g/mol. The second-order valence-electron chi connectivity index (χ2n) is 7.34. The molecule has 1 spiro atoms. The van der Waals surface area contributed by atoms with E-state index in [4.69, 9.17) is 9.47 Å². The summed E-state index contributed by atoms with van der Waals surface area (Å²) in [5, 5.41) is 0. The number of carbonyl (C=O) groups is 1. The molecule has 0 aliphatic carbocycles. The highest BCUT2D eigenvalue weighted by Crippen LogP contribution is 2.36. The van der Waals surface area contributed by atoms with Crippen LogP contribution in [0.15, 0.2) is 60.7 Å². The molecule has 2 aromatic rings. The van der Waals surface area contributed by atoms with Crippen LogP contribution < -0.4 is 0 Å². The van der Waals surface area contributed by atoms with Crippen LogP contribution in [-0.2, 0) is 27.3 Å². The molecule has 0 unspecified atom stereocenters. The zero-order valence-electron chi connectivity index (χ0n) is 15.0. The monoisotopic (exact) mass is 351 g/mol. The lowest BCUT2D eigenvalue weighted by Crippen LogP contribution is -2.36. The maximum atomic E-state index is 12.6. The molecule has 2 aromatic carbocycles. The predicted octanol–water partition coefficient (Wildman–Crippen LogP) is 3.21. The van der Waals surface area contributed by atoms with Crippen LogP contribution in [0.2, 0.25) is 0 Å². The van der Waals surface area contributed by atoms with E-state index in [2.05, 4.69) is 12.1 Å². The molecule has 26 heavy (non-hydrogen) atoms. The molecule has 2 aliphatic heterocycles. The number of likely N-dealkylation sites (tertiary alicyclic amines) is 1. The second-order valence-corrected chi connectivity index (χ2v) is 7.34. The zero-order chi connectivity index (χ0) is 17.8. The highest BCUT2D eigenvalue weighted by Gasteiger charge is 2.47. The van der Waals surface area contributed by atoms with Crippen LogP contribution in [-0.4, -0.2) is 42.2 Å². The van der Waals surface area contributed by atoms with E-state index in [1.54, 1.807) is 0 Å². The molecule has 0 aromatic heterocycles. The van der Waals surface area contributed by atoms with E-state index in [0.29, 0.717) is 26.2 Å². The van der Waals surface area contributed by atoms with Gasteiger partial charge in [0.1, 0.15) is 0 Å². The molecular formula is C22H25NO3. The Kier molecular flexibility index (Phi) is 5.05. The summed E-state index contributed by atoms with van der Waals surface area (Å²) in [6.07, 6.45) is 2.35. The molecule has 2 aliphatic rings. The molecule has 2 heterocycles. The molecule has 4 nitrogen and oxygen atoms in total. The standard InChI is InChI=1S/C22H25NO3/c24-21(13-18-7-3-1-4-8-18)23-12-11-22(17-23)14-20(16-26-22)25-15-19-9-5-2-6-10-19/h1-10,20H,11-17H2/t20-,22-/m1/s1. The number of benzene rings is 2. The first-order valence-electron chi connectivity index (χ1n) is 9.34. The van der Waals surface area contributed by atoms with E-state index in [1.165, 1.54) is 5.56 Å². The Hall–Kier alpha value is -2.17. The Bertz CT molecular complexity index is 734. The molecule has 2 fully saturated rings. The molecule has 0 bridgehead atoms. The van der Waals surface area contributed by atoms with Crippen molar-refractivity contribution in [1.29, 1.82) is 0 Å². The molecule has 1 amide bonds. The van der Waals surface area contributed by atoms with Crippen LogP contribution >= 0.6 is 0 Å². The molecule has 136 valence electrons. The largest absolute Gasteiger partial charge is 0.371 e. The van der Waals surface area contributed by atoms with Gasteiger partial charge in [0.25, 0.3) is 0 Å². The van der Waals surface area contributed by atoms with Gasteiger partial charge in [-0.15, -0.1) is 0 Å². The number of hydrogen-bond acceptors (Lipinski definition) is 3. The minimum Gasteiger partial charge on any atom is -0.371 e. The Balaban J connectivity index is 1.28. The summed E-state index contributed by atoms with van der Waals surface area (Å²) in [5.41, 5.74) is 2.03. The van der Waals surface area contributed by atoms with Crippen molar-refractivity contribution in [2.45, 2.75) is 37.6 Å². The Labute approximate surface area is 154 Å². The van der Waals surface area contributed by atoms with E-state index >= 15 is 0 Å². The fraction of sp³-hybridized carbons (Fsp3) is 0.409. The maximum Gasteiger partial charge on any atom is 0.227 e. The summed E-state index contributed by atoms with van der Waals surface area (Å²) < 4.78 is 12.2. The van der Waals surface area contributed by atoms with Gasteiger partial charge in [0, 0.05) is 19.5 Å². The van der Waals surface area contributed by atoms with Crippen LogP contribution in [0.3, 0.4) is 0 Å². The molecule has 0 saturated carbocycles. The SMILES string of the molecule is O=C(Cc1ccccc1)N1CC[C@@]2(C[C@@H](OCc3ccccc3)CO2)C1. The first-order valence-corrected chi connectivity index (χ1v) is 9.34. The summed E-state index contributed by atoms with van der Waals surface area (Å²) in [6, 6.07) is 20.1. The van der Waals surface area contributed by atoms with Gasteiger partial charge in [0.05, 0.1) is 31.3 Å². The molecule has 4 rings (SSSR count). The highest BCUT2D eigenvalue weighted by atomic mass is 16.6. The van der Waals surface area contributed by atoms with Crippen LogP contribution in [0.25, 0.3) is 0 Å². The van der Waals surface area contributed by atoms with Crippen molar-refractivity contribution in [2.24, 2.45) is 0 Å². The van der Waals surface area contributed by atoms with Crippen molar-refractivity contribution < 1.29 is 14.3 Å². The minimum absolute atomic E-state index is 0.111. The average Bonchev–Trinajstić information content (AvgIpc) is 3.29. The van der Waals surface area contributed by atoms with Gasteiger partial charge in [-0.25, -0.2) is 0 Å². The lowest BCUT2D eigenvalue weighted by atomic mass is 9.98. The van der Waals surface area contributed by atoms with Gasteiger partial charge in [0.15, 0.2) is 0 Å². The maximum absolute atomic E-state index is 12.6. The summed E-state index contributed by atoms with van der Waals surface area (Å²) in [7, 11) is 0. The molecule has 0 N–H and O–H groups in total. The lowest BCUT2D eigenvalue weighted by molar-refractivity contribution is -0.130. The van der Waals surface area contributed by atoms with E-state index in [0.717, 1.165) is 24.9 Å². The molecule has 0 radical (unpaired) electrons. The van der Waals surface area contributed by atoms with Crippen molar-refractivity contribution in [1.82, 2.24) is 4.90 Å². The third kappa shape index (κ3) is 3.97. The first kappa shape index (κ1) is 17.3. The fourth-order valence-corrected chi connectivity index (χ4v) is 3.92. The molecule has 4 heteroatoms. The normalized spacial score (nSPS) is 25.1. The number of rotatable bonds is 5. The van der Waals surface area contributed by atoms with E-state index in [9.17, 15) is 4.79 Å². The van der Waals surface area contributed by atoms with Gasteiger partial charge < -0.3 is 14.4 Å². The van der Waals surface area contributed by atoms with Crippen LogP contribution in [0.4, 0.5) is 0 Å². The Morgan fingerprint density at radius 2 is 1.77 bits per heavy atom. The first-order chi connectivity index (χ1) is 12.7. The number of hydrogen-bond donors (Lipinski definition) is 0. The molecule has 2 atom stereocenters. The Morgan fingerprint density at radius 3 is 2.50 bits per heavy atom. The van der Waals surface area contributed by atoms with Crippen LogP contribution in [0.5, 0.6) is 0 Å². The molecule has 2 saturated heterocycles. The van der Waals surface area contributed by atoms with Crippen LogP contribution in [0.1, 0.15) is 24.0 Å². The molecular weight excluding hydrogens is 326 g/mol. The quantitative estimate of drug-likeness (QED) is 0.830. The van der Waals surface area contributed by atoms with Gasteiger partial charge in [-0.3, -0.25) is 4.79 Å². The van der Waals surface area contributed by atoms with Crippen molar-refractivity contribution in [3.05, 3.63) is 71.8 Å². The predicted molar refractivity (Wildman–Crippen MR) is 99.7 cm³/mol. The van der Waals surface area contributed by atoms with E-state index in [-0.39, 0.29) is 17.6 Å². The highest BCUT2D eigenvalue weighted by molar-refractivity contribution is 5.79. The summed E-state index contributed by atoms with van der Waals surface area (Å²) in [5.74, 6) is 0.185. The number of carbonyl (C=O) groups excluding carboxylic acids is 1. The van der Waals surface area contributed by atoms with Crippen molar-refractivity contribution in [3.63, 3.8) is 0 Å². The summed E-state index contributed by atoms with van der Waals surface area (Å²) in [4.78, 5) is 14.5. The van der Waals surface area contributed by atoms with Gasteiger partial charge in [0.2, 0.25) is 5.91 Å². The summed E-state index contributed by atoms with van der Waals surface area (Å²) >= 11 is 0. The van der Waals surface area contributed by atoms with Crippen molar-refractivity contribution in [2.75, 3.05) is 19.7 Å². The minimum atomic E-state index is -0.215. The van der Waals surface area contributed by atoms with E-state index < -0.39 is 0 Å². The smallest absolute Gasteiger partial charge is 0.227 e. The van der Waals surface area contributed by atoms with Gasteiger partial charge in [-0.1, -0.05) is 60.7 Å². The summed E-state index contributed by atoms with van der Waals surface area (Å²) in [6.45, 7) is 2.69. The van der Waals surface area contributed by atoms with Gasteiger partial charge in [-0.2, -0.15) is 0 Å². The lowest BCUT2D eigenvalue weighted by Gasteiger charge is -2.23. The number of amides is 1. The number of nitrogens with zero attached hydrogens (tertiary/aromatic N) is 1. The number of ether oxygens (including phenoxy) is 2. The third-order valence-corrected chi connectivity index (χ3v) is 5.37. The van der Waals surface area contributed by atoms with Gasteiger partial charge >= 0.3 is 0 Å². The van der Waals surface area contributed by atoms with Crippen molar-refractivity contribution >= 4 is 5.91 Å². The van der Waals surface area contributed by atoms with E-state index in [1.807, 2.05) is 53.4 Å². The topological polar surface area (TPSA) is 38.8 Å². The zero-order valence-corrected chi connectivity index (χ0v) is 15.0. The van der Waals surface area contributed by atoms with Crippen LogP contribution in [0, 0.1) is 0 Å². The van der Waals surface area contributed by atoms with Gasteiger partial charge in [-0.05, 0) is 17.5 Å². The Morgan fingerprint density at radius 1 is 1.08 bits per heavy atom. The third-order valence-electron chi connectivity index (χ3n) is 5.37. The second kappa shape index (κ2) is 7.60. The fourth-order valence-electron chi connectivity index (χ4n) is 3.92.